The van der Waals surface area contributed by atoms with Gasteiger partial charge in [0.05, 0.1) is 6.20 Å². The van der Waals surface area contributed by atoms with Gasteiger partial charge in [-0.3, -0.25) is 14.0 Å². The van der Waals surface area contributed by atoms with Gasteiger partial charge in [0.25, 0.3) is 5.56 Å². The molecule has 0 fully saturated rings. The van der Waals surface area contributed by atoms with E-state index in [0.717, 1.165) is 11.4 Å². The first-order chi connectivity index (χ1) is 10.6. The van der Waals surface area contributed by atoms with Gasteiger partial charge in [0.1, 0.15) is 16.9 Å². The molecule has 9 heteroatoms. The average Bonchev–Trinajstić information content (AvgIpc) is 3.11. The van der Waals surface area contributed by atoms with E-state index in [1.54, 1.807) is 15.4 Å². The second-order valence-electron chi connectivity index (χ2n) is 4.75. The summed E-state index contributed by atoms with van der Waals surface area (Å²) in [5.74, 6) is 0.551. The Morgan fingerprint density at radius 2 is 2.09 bits per heavy atom. The number of hydrogen-bond acceptors (Lipinski definition) is 7. The molecular weight excluding hydrogens is 304 g/mol. The smallest absolute Gasteiger partial charge is 0.282 e. The van der Waals surface area contributed by atoms with Gasteiger partial charge in [-0.25, -0.2) is 9.61 Å². The van der Waals surface area contributed by atoms with Crippen LogP contribution in [0.2, 0.25) is 0 Å². The largest absolute Gasteiger partial charge is 0.286 e. The molecule has 0 unspecified atom stereocenters. The first-order valence-corrected chi connectivity index (χ1v) is 8.01. The summed E-state index contributed by atoms with van der Waals surface area (Å²) in [5, 5.41) is 12.5. The molecule has 0 aliphatic rings. The molecule has 0 aliphatic heterocycles. The van der Waals surface area contributed by atoms with E-state index in [-0.39, 0.29) is 5.56 Å². The highest BCUT2D eigenvalue weighted by atomic mass is 32.2. The van der Waals surface area contributed by atoms with Gasteiger partial charge in [-0.1, -0.05) is 22.1 Å². The first-order valence-electron chi connectivity index (χ1n) is 7.02. The number of fused-ring (bicyclic) bond motifs is 1. The summed E-state index contributed by atoms with van der Waals surface area (Å²) in [6.07, 6.45) is 1.80. The second-order valence-corrected chi connectivity index (χ2v) is 5.69. The van der Waals surface area contributed by atoms with Crippen LogP contribution in [-0.4, -0.2) is 29.6 Å². The predicted molar refractivity (Wildman–Crippen MR) is 81.7 cm³/mol. The van der Waals surface area contributed by atoms with E-state index in [9.17, 15) is 4.79 Å². The minimum absolute atomic E-state index is 0.114. The maximum Gasteiger partial charge on any atom is 0.282 e. The Labute approximate surface area is 130 Å². The lowest BCUT2D eigenvalue weighted by Crippen LogP contribution is -2.22. The van der Waals surface area contributed by atoms with Gasteiger partial charge in [-0.2, -0.15) is 5.10 Å². The van der Waals surface area contributed by atoms with Crippen LogP contribution in [0.4, 0.5) is 0 Å². The summed E-state index contributed by atoms with van der Waals surface area (Å²) in [4.78, 5) is 17.1. The number of aromatic nitrogens is 6. The number of nitrogens with zero attached hydrogens (tertiary/aromatic N) is 6. The van der Waals surface area contributed by atoms with E-state index in [0.29, 0.717) is 35.0 Å². The summed E-state index contributed by atoms with van der Waals surface area (Å²) in [5.41, 5.74) is 2.42. The van der Waals surface area contributed by atoms with Crippen LogP contribution >= 0.6 is 11.8 Å². The Bertz CT molecular complexity index is 865. The van der Waals surface area contributed by atoms with Gasteiger partial charge < -0.3 is 0 Å². The van der Waals surface area contributed by atoms with Crippen LogP contribution in [0.1, 0.15) is 25.2 Å². The lowest BCUT2D eigenvalue weighted by molar-refractivity contribution is 0.302. The van der Waals surface area contributed by atoms with Crippen molar-refractivity contribution in [1.82, 2.24) is 29.6 Å². The van der Waals surface area contributed by atoms with Crippen LogP contribution in [0, 0.1) is 6.92 Å². The molecule has 3 aromatic rings. The molecule has 116 valence electrons. The van der Waals surface area contributed by atoms with Crippen LogP contribution < -0.4 is 5.56 Å². The monoisotopic (exact) mass is 320 g/mol. The highest BCUT2D eigenvalue weighted by Gasteiger charge is 2.15. The summed E-state index contributed by atoms with van der Waals surface area (Å²) in [7, 11) is 0. The number of rotatable bonds is 5. The van der Waals surface area contributed by atoms with Crippen molar-refractivity contribution in [3.05, 3.63) is 27.9 Å². The van der Waals surface area contributed by atoms with Crippen molar-refractivity contribution in [3.63, 3.8) is 0 Å². The highest BCUT2D eigenvalue weighted by molar-refractivity contribution is 7.98. The zero-order valence-corrected chi connectivity index (χ0v) is 13.4. The van der Waals surface area contributed by atoms with Crippen LogP contribution in [-0.2, 0) is 18.8 Å². The first kappa shape index (κ1) is 14.8. The maximum atomic E-state index is 12.5. The molecule has 0 aromatic carbocycles. The van der Waals surface area contributed by atoms with Gasteiger partial charge in [0.15, 0.2) is 10.7 Å². The van der Waals surface area contributed by atoms with Crippen molar-refractivity contribution >= 4 is 22.8 Å². The van der Waals surface area contributed by atoms with Crippen molar-refractivity contribution in [2.24, 2.45) is 0 Å². The van der Waals surface area contributed by atoms with Crippen molar-refractivity contribution in [3.8, 4) is 0 Å². The minimum atomic E-state index is -0.114. The molecule has 0 radical (unpaired) electrons. The normalized spacial score (nSPS) is 11.4. The number of aryl methyl sites for hydroxylation is 2. The fourth-order valence-corrected chi connectivity index (χ4v) is 3.15. The molecule has 3 aromatic heterocycles. The van der Waals surface area contributed by atoms with E-state index < -0.39 is 0 Å². The SMILES string of the molecule is CCn1cc2nc(SCc3nonc3C)n(CC)c(=O)c2n1. The van der Waals surface area contributed by atoms with E-state index in [1.807, 2.05) is 20.8 Å². The molecule has 3 rings (SSSR count). The summed E-state index contributed by atoms with van der Waals surface area (Å²) in [6.45, 7) is 6.97. The number of thioether (sulfide) groups is 1. The predicted octanol–water partition coefficient (Wildman–Crippen LogP) is 1.62. The Hall–Kier alpha value is -2.16. The molecule has 0 saturated carbocycles. The molecule has 3 heterocycles. The lowest BCUT2D eigenvalue weighted by Gasteiger charge is -2.08. The Kier molecular flexibility index (Phi) is 3.97. The second kappa shape index (κ2) is 5.91. The van der Waals surface area contributed by atoms with Crippen molar-refractivity contribution in [2.75, 3.05) is 0 Å². The molecule has 0 aliphatic carbocycles. The van der Waals surface area contributed by atoms with Gasteiger partial charge in [0, 0.05) is 18.8 Å². The van der Waals surface area contributed by atoms with Crippen LogP contribution in [0.5, 0.6) is 0 Å². The van der Waals surface area contributed by atoms with Gasteiger partial charge in [0.2, 0.25) is 0 Å². The fourth-order valence-electron chi connectivity index (χ4n) is 2.09. The molecule has 8 nitrogen and oxygen atoms in total. The van der Waals surface area contributed by atoms with Crippen LogP contribution in [0.25, 0.3) is 11.0 Å². The molecule has 22 heavy (non-hydrogen) atoms. The highest BCUT2D eigenvalue weighted by Crippen LogP contribution is 2.22. The van der Waals surface area contributed by atoms with Crippen molar-refractivity contribution < 1.29 is 4.63 Å². The molecule has 0 atom stereocenters. The third-order valence-electron chi connectivity index (χ3n) is 3.36. The molecule has 0 bridgehead atoms. The van der Waals surface area contributed by atoms with Gasteiger partial charge in [-0.15, -0.1) is 0 Å². The quantitative estimate of drug-likeness (QED) is 0.521. The Balaban J connectivity index is 2.00. The van der Waals surface area contributed by atoms with Crippen LogP contribution in [0.3, 0.4) is 0 Å². The molecule has 0 amide bonds. The molecule has 0 saturated heterocycles. The van der Waals surface area contributed by atoms with Crippen LogP contribution in [0.15, 0.2) is 20.8 Å². The molecule has 0 N–H and O–H groups in total. The van der Waals surface area contributed by atoms with Gasteiger partial charge >= 0.3 is 0 Å². The maximum absolute atomic E-state index is 12.5. The average molecular weight is 320 g/mol. The lowest BCUT2D eigenvalue weighted by atomic mass is 10.4. The summed E-state index contributed by atoms with van der Waals surface area (Å²) in [6, 6.07) is 0. The van der Waals surface area contributed by atoms with Gasteiger partial charge in [-0.05, 0) is 20.8 Å². The zero-order valence-electron chi connectivity index (χ0n) is 12.6. The van der Waals surface area contributed by atoms with E-state index in [4.69, 9.17) is 0 Å². The summed E-state index contributed by atoms with van der Waals surface area (Å²) < 4.78 is 8.04. The summed E-state index contributed by atoms with van der Waals surface area (Å²) >= 11 is 1.44. The zero-order chi connectivity index (χ0) is 15.7. The fraction of sp³-hybridized carbons (Fsp3) is 0.462. The third-order valence-corrected chi connectivity index (χ3v) is 4.35. The Morgan fingerprint density at radius 1 is 1.27 bits per heavy atom. The molecular formula is C13H16N6O2S. The minimum Gasteiger partial charge on any atom is -0.286 e. The number of hydrogen-bond donors (Lipinski definition) is 0. The van der Waals surface area contributed by atoms with E-state index in [1.165, 1.54) is 11.8 Å². The van der Waals surface area contributed by atoms with E-state index >= 15 is 0 Å². The Morgan fingerprint density at radius 3 is 2.73 bits per heavy atom. The standard InChI is InChI=1S/C13H16N6O2S/c1-4-18-6-9-11(15-18)12(20)19(5-2)13(14-9)22-7-10-8(3)16-21-17-10/h6H,4-5,7H2,1-3H3. The third kappa shape index (κ3) is 2.52. The van der Waals surface area contributed by atoms with Crippen molar-refractivity contribution in [1.29, 1.82) is 0 Å². The van der Waals surface area contributed by atoms with E-state index in [2.05, 4.69) is 25.0 Å². The van der Waals surface area contributed by atoms with Crippen molar-refractivity contribution in [2.45, 2.75) is 44.8 Å². The molecule has 0 spiro atoms. The topological polar surface area (TPSA) is 91.6 Å².